The first-order chi connectivity index (χ1) is 9.49. The van der Waals surface area contributed by atoms with Crippen LogP contribution in [0.4, 0.5) is 5.69 Å². The number of hydrogen-bond acceptors (Lipinski definition) is 3. The lowest BCUT2D eigenvalue weighted by atomic mass is 10.1. The molecule has 0 aromatic heterocycles. The first kappa shape index (κ1) is 14.1. The number of rotatable bonds is 3. The van der Waals surface area contributed by atoms with E-state index >= 15 is 0 Å². The van der Waals surface area contributed by atoms with Gasteiger partial charge >= 0.3 is 0 Å². The largest absolute Gasteiger partial charge is 0.383 e. The summed E-state index contributed by atoms with van der Waals surface area (Å²) in [5.74, 6) is -0.405. The molecule has 20 heavy (non-hydrogen) atoms. The summed E-state index contributed by atoms with van der Waals surface area (Å²) in [6.45, 7) is 1.91. The average Bonchev–Trinajstić information content (AvgIpc) is 2.64. The summed E-state index contributed by atoms with van der Waals surface area (Å²) in [6, 6.07) is 9.02. The number of imide groups is 1. The number of carbonyl (C=O) groups excluding carboxylic acids is 2. The van der Waals surface area contributed by atoms with E-state index in [2.05, 4.69) is 0 Å². The van der Waals surface area contributed by atoms with Crippen molar-refractivity contribution < 1.29 is 9.59 Å². The zero-order valence-corrected chi connectivity index (χ0v) is 12.0. The zero-order valence-electron chi connectivity index (χ0n) is 12.0. The van der Waals surface area contributed by atoms with Gasteiger partial charge in [-0.25, -0.2) is 4.90 Å². The van der Waals surface area contributed by atoms with E-state index in [9.17, 15) is 9.59 Å². The highest BCUT2D eigenvalue weighted by atomic mass is 16.2. The molecule has 1 aliphatic heterocycles. The molecule has 1 heterocycles. The fourth-order valence-corrected chi connectivity index (χ4v) is 2.24. The lowest BCUT2D eigenvalue weighted by Gasteiger charge is -2.12. The second-order valence-electron chi connectivity index (χ2n) is 5.05. The minimum Gasteiger partial charge on any atom is -0.383 e. The Balaban J connectivity index is 2.28. The van der Waals surface area contributed by atoms with Crippen molar-refractivity contribution in [1.82, 2.24) is 4.90 Å². The molecule has 1 aliphatic rings. The van der Waals surface area contributed by atoms with Crippen molar-refractivity contribution >= 4 is 17.5 Å². The third kappa shape index (κ3) is 2.96. The van der Waals surface area contributed by atoms with Crippen molar-refractivity contribution in [2.45, 2.75) is 13.3 Å². The summed E-state index contributed by atoms with van der Waals surface area (Å²) < 4.78 is 0. The monoisotopic (exact) mass is 270 g/mol. The first-order valence-electron chi connectivity index (χ1n) is 6.47. The number of benzene rings is 1. The molecule has 0 aliphatic carbocycles. The lowest BCUT2D eigenvalue weighted by molar-refractivity contribution is -0.120. The summed E-state index contributed by atoms with van der Waals surface area (Å²) in [5, 5.41) is 0. The number of nitrogens with zero attached hydrogens (tertiary/aromatic N) is 2. The standard InChI is InChI=1S/C16H18N2O2/c1-12(11-17(2)3)9-13-10-15(19)18(16(13)20)14-7-5-4-6-8-14/h4-9,11H,10H2,1-3H3/b12-11?,13-9+. The molecule has 2 rings (SSSR count). The van der Waals surface area contributed by atoms with Crippen LogP contribution in [-0.2, 0) is 9.59 Å². The fourth-order valence-electron chi connectivity index (χ4n) is 2.24. The molecule has 1 aromatic carbocycles. The molecule has 4 heteroatoms. The average molecular weight is 270 g/mol. The summed E-state index contributed by atoms with van der Waals surface area (Å²) >= 11 is 0. The molecule has 1 saturated heterocycles. The lowest BCUT2D eigenvalue weighted by Crippen LogP contribution is -2.28. The van der Waals surface area contributed by atoms with Crippen LogP contribution in [0.3, 0.4) is 0 Å². The zero-order chi connectivity index (χ0) is 14.7. The van der Waals surface area contributed by atoms with Gasteiger partial charge in [0.25, 0.3) is 5.91 Å². The van der Waals surface area contributed by atoms with E-state index in [-0.39, 0.29) is 18.2 Å². The summed E-state index contributed by atoms with van der Waals surface area (Å²) in [4.78, 5) is 27.5. The van der Waals surface area contributed by atoms with E-state index in [0.717, 1.165) is 5.57 Å². The third-order valence-electron chi connectivity index (χ3n) is 2.95. The third-order valence-corrected chi connectivity index (χ3v) is 2.95. The smallest absolute Gasteiger partial charge is 0.261 e. The van der Waals surface area contributed by atoms with Gasteiger partial charge < -0.3 is 4.90 Å². The van der Waals surface area contributed by atoms with E-state index in [1.807, 2.05) is 50.3 Å². The van der Waals surface area contributed by atoms with Gasteiger partial charge in [-0.2, -0.15) is 0 Å². The molecular formula is C16H18N2O2. The Morgan fingerprint density at radius 1 is 1.20 bits per heavy atom. The van der Waals surface area contributed by atoms with Crippen LogP contribution in [0.25, 0.3) is 0 Å². The Hall–Kier alpha value is -2.36. The van der Waals surface area contributed by atoms with E-state index in [1.165, 1.54) is 4.90 Å². The van der Waals surface area contributed by atoms with Crippen LogP contribution in [0.1, 0.15) is 13.3 Å². The van der Waals surface area contributed by atoms with Gasteiger partial charge in [0, 0.05) is 25.9 Å². The van der Waals surface area contributed by atoms with Gasteiger partial charge in [-0.05, 0) is 30.7 Å². The van der Waals surface area contributed by atoms with Crippen LogP contribution < -0.4 is 4.90 Å². The second-order valence-corrected chi connectivity index (χ2v) is 5.05. The Kier molecular flexibility index (Phi) is 4.03. The number of carbonyl (C=O) groups is 2. The Bertz CT molecular complexity index is 586. The predicted octanol–water partition coefficient (Wildman–Crippen LogP) is 2.34. The predicted molar refractivity (Wildman–Crippen MR) is 79.1 cm³/mol. The molecule has 0 unspecified atom stereocenters. The van der Waals surface area contributed by atoms with Gasteiger partial charge in [-0.3, -0.25) is 9.59 Å². The van der Waals surface area contributed by atoms with Crippen LogP contribution in [0, 0.1) is 0 Å². The van der Waals surface area contributed by atoms with Gasteiger partial charge in [0.15, 0.2) is 0 Å². The summed E-state index contributed by atoms with van der Waals surface area (Å²) in [6.07, 6.45) is 3.85. The Labute approximate surface area is 119 Å². The molecule has 0 saturated carbocycles. The number of hydrogen-bond donors (Lipinski definition) is 0. The van der Waals surface area contributed by atoms with Crippen molar-refractivity contribution in [3.63, 3.8) is 0 Å². The normalized spacial score (nSPS) is 18.1. The van der Waals surface area contributed by atoms with Crippen LogP contribution in [0.2, 0.25) is 0 Å². The number of amides is 2. The highest BCUT2D eigenvalue weighted by Gasteiger charge is 2.34. The molecule has 1 aromatic rings. The topological polar surface area (TPSA) is 40.6 Å². The molecular weight excluding hydrogens is 252 g/mol. The molecule has 0 radical (unpaired) electrons. The quantitative estimate of drug-likeness (QED) is 0.625. The highest BCUT2D eigenvalue weighted by molar-refractivity contribution is 6.28. The van der Waals surface area contributed by atoms with Crippen molar-refractivity contribution in [3.8, 4) is 0 Å². The van der Waals surface area contributed by atoms with Crippen molar-refractivity contribution in [3.05, 3.63) is 53.8 Å². The highest BCUT2D eigenvalue weighted by Crippen LogP contribution is 2.26. The van der Waals surface area contributed by atoms with E-state index < -0.39 is 0 Å². The summed E-state index contributed by atoms with van der Waals surface area (Å²) in [5.41, 5.74) is 2.11. The maximum Gasteiger partial charge on any atom is 0.261 e. The van der Waals surface area contributed by atoms with Gasteiger partial charge in [-0.15, -0.1) is 0 Å². The summed E-state index contributed by atoms with van der Waals surface area (Å²) in [7, 11) is 3.83. The molecule has 104 valence electrons. The number of anilines is 1. The maximum atomic E-state index is 12.3. The van der Waals surface area contributed by atoms with Gasteiger partial charge in [-0.1, -0.05) is 18.2 Å². The second kappa shape index (κ2) is 5.74. The molecule has 0 N–H and O–H groups in total. The molecule has 0 bridgehead atoms. The van der Waals surface area contributed by atoms with E-state index in [1.54, 1.807) is 18.2 Å². The van der Waals surface area contributed by atoms with Crippen LogP contribution in [0.5, 0.6) is 0 Å². The number of para-hydroxylation sites is 1. The van der Waals surface area contributed by atoms with Gasteiger partial charge in [0.1, 0.15) is 0 Å². The fraction of sp³-hybridized carbons (Fsp3) is 0.250. The minimum atomic E-state index is -0.229. The Morgan fingerprint density at radius 2 is 1.85 bits per heavy atom. The van der Waals surface area contributed by atoms with Gasteiger partial charge in [0.2, 0.25) is 5.91 Å². The minimum absolute atomic E-state index is 0.159. The molecule has 1 fully saturated rings. The molecule has 0 atom stereocenters. The Morgan fingerprint density at radius 3 is 2.45 bits per heavy atom. The van der Waals surface area contributed by atoms with Gasteiger partial charge in [0.05, 0.1) is 12.1 Å². The van der Waals surface area contributed by atoms with Crippen molar-refractivity contribution in [2.24, 2.45) is 0 Å². The van der Waals surface area contributed by atoms with Crippen LogP contribution >= 0.6 is 0 Å². The SMILES string of the molecule is CC(=CN(C)C)/C=C1\CC(=O)N(c2ccccc2)C1=O. The van der Waals surface area contributed by atoms with E-state index in [0.29, 0.717) is 11.3 Å². The maximum absolute atomic E-state index is 12.3. The van der Waals surface area contributed by atoms with Crippen molar-refractivity contribution in [2.75, 3.05) is 19.0 Å². The number of allylic oxidation sites excluding steroid dienone is 2. The molecule has 4 nitrogen and oxygen atoms in total. The molecule has 2 amide bonds. The van der Waals surface area contributed by atoms with E-state index in [4.69, 9.17) is 0 Å². The van der Waals surface area contributed by atoms with Crippen LogP contribution in [0.15, 0.2) is 53.8 Å². The van der Waals surface area contributed by atoms with Crippen LogP contribution in [-0.4, -0.2) is 30.8 Å². The van der Waals surface area contributed by atoms with Crippen molar-refractivity contribution in [1.29, 1.82) is 0 Å². The first-order valence-corrected chi connectivity index (χ1v) is 6.47. The molecule has 0 spiro atoms.